The summed E-state index contributed by atoms with van der Waals surface area (Å²) in [6.07, 6.45) is 0. The summed E-state index contributed by atoms with van der Waals surface area (Å²) in [7, 11) is 0. The van der Waals surface area contributed by atoms with Gasteiger partial charge in [0, 0.05) is 26.9 Å². The second-order valence-corrected chi connectivity index (χ2v) is 9.68. The van der Waals surface area contributed by atoms with E-state index in [0.29, 0.717) is 33.7 Å². The monoisotopic (exact) mass is 498 g/mol. The van der Waals surface area contributed by atoms with Crippen LogP contribution in [0.25, 0.3) is 0 Å². The number of benzene rings is 3. The van der Waals surface area contributed by atoms with Gasteiger partial charge in [-0.2, -0.15) is 0 Å². The Morgan fingerprint density at radius 2 is 1.67 bits per heavy atom. The van der Waals surface area contributed by atoms with Gasteiger partial charge in [0.2, 0.25) is 10.8 Å². The molecule has 0 bridgehead atoms. The molecule has 0 saturated carbocycles. The lowest BCUT2D eigenvalue weighted by Crippen LogP contribution is -2.49. The second kappa shape index (κ2) is 8.60. The maximum Gasteiger partial charge on any atom is 0.269 e. The fraction of sp³-hybridized carbons (Fsp3) is 0.200. The van der Waals surface area contributed by atoms with Crippen LogP contribution in [-0.2, 0) is 21.0 Å². The topological polar surface area (TPSA) is 49.9 Å². The Balaban J connectivity index is 1.61. The zero-order valence-electron chi connectivity index (χ0n) is 17.8. The van der Waals surface area contributed by atoms with Crippen molar-refractivity contribution in [2.75, 3.05) is 22.2 Å². The molecule has 33 heavy (non-hydrogen) atoms. The first-order valence-electron chi connectivity index (χ1n) is 10.5. The molecule has 8 heteroatoms. The van der Waals surface area contributed by atoms with Crippen molar-refractivity contribution in [3.05, 3.63) is 87.9 Å². The molecule has 0 aliphatic carbocycles. The van der Waals surface area contributed by atoms with Crippen LogP contribution in [-0.4, -0.2) is 24.2 Å². The average molecular weight is 499 g/mol. The van der Waals surface area contributed by atoms with Crippen molar-refractivity contribution in [2.24, 2.45) is 0 Å². The Bertz CT molecular complexity index is 1230. The van der Waals surface area contributed by atoms with E-state index in [1.807, 2.05) is 55.5 Å². The first-order valence-corrected chi connectivity index (χ1v) is 12.3. The van der Waals surface area contributed by atoms with Crippen molar-refractivity contribution < 1.29 is 14.3 Å². The molecule has 1 fully saturated rings. The number of carbonyl (C=O) groups excluding carboxylic acids is 2. The predicted molar refractivity (Wildman–Crippen MR) is 133 cm³/mol. The number of hydrogen-bond donors (Lipinski definition) is 0. The molecule has 5 rings (SSSR count). The van der Waals surface area contributed by atoms with E-state index < -0.39 is 4.87 Å². The van der Waals surface area contributed by atoms with Gasteiger partial charge in [-0.3, -0.25) is 14.5 Å². The standard InChI is InChI=1S/C25H20Cl2N2O3S/c1-2-32-17-12-10-16(11-13-17)29-23(30)15-33-25(29)19-6-3-4-9-22(19)28(24(25)31)14-18-20(26)7-5-8-21(18)27/h3-13H,2,14-15H2,1H3. The van der Waals surface area contributed by atoms with Gasteiger partial charge in [-0.25, -0.2) is 0 Å². The number of rotatable bonds is 5. The number of halogens is 2. The highest BCUT2D eigenvalue weighted by molar-refractivity contribution is 8.02. The molecule has 2 heterocycles. The lowest BCUT2D eigenvalue weighted by atomic mass is 10.0. The average Bonchev–Trinajstić information content (AvgIpc) is 3.28. The number of ether oxygens (including phenoxy) is 1. The quantitative estimate of drug-likeness (QED) is 0.441. The van der Waals surface area contributed by atoms with E-state index in [1.165, 1.54) is 11.8 Å². The Morgan fingerprint density at radius 3 is 2.36 bits per heavy atom. The number of nitrogens with zero attached hydrogens (tertiary/aromatic N) is 2. The Morgan fingerprint density at radius 1 is 0.970 bits per heavy atom. The fourth-order valence-corrected chi connectivity index (χ4v) is 6.29. The van der Waals surface area contributed by atoms with Gasteiger partial charge in [-0.05, 0) is 49.4 Å². The van der Waals surface area contributed by atoms with Crippen LogP contribution in [0.4, 0.5) is 11.4 Å². The third-order valence-electron chi connectivity index (χ3n) is 5.85. The summed E-state index contributed by atoms with van der Waals surface area (Å²) >= 11 is 14.2. The van der Waals surface area contributed by atoms with Crippen molar-refractivity contribution in [3.8, 4) is 5.75 Å². The molecule has 3 aromatic rings. The van der Waals surface area contributed by atoms with Crippen molar-refractivity contribution >= 4 is 58.2 Å². The number of fused-ring (bicyclic) bond motifs is 2. The van der Waals surface area contributed by atoms with E-state index in [1.54, 1.807) is 28.0 Å². The van der Waals surface area contributed by atoms with Crippen LogP contribution in [0, 0.1) is 0 Å². The van der Waals surface area contributed by atoms with Crippen LogP contribution in [0.2, 0.25) is 10.0 Å². The van der Waals surface area contributed by atoms with Gasteiger partial charge in [-0.1, -0.05) is 47.5 Å². The summed E-state index contributed by atoms with van der Waals surface area (Å²) in [6, 6.07) is 20.1. The minimum atomic E-state index is -1.19. The van der Waals surface area contributed by atoms with Crippen LogP contribution >= 0.6 is 35.0 Å². The van der Waals surface area contributed by atoms with Gasteiger partial charge in [0.1, 0.15) is 5.75 Å². The van der Waals surface area contributed by atoms with Crippen molar-refractivity contribution in [2.45, 2.75) is 18.3 Å². The highest BCUT2D eigenvalue weighted by atomic mass is 35.5. The summed E-state index contributed by atoms with van der Waals surface area (Å²) in [5.74, 6) is 0.602. The van der Waals surface area contributed by atoms with Gasteiger partial charge in [0.25, 0.3) is 5.91 Å². The second-order valence-electron chi connectivity index (χ2n) is 7.70. The molecule has 3 aromatic carbocycles. The summed E-state index contributed by atoms with van der Waals surface area (Å²) < 4.78 is 5.54. The number of hydrogen-bond acceptors (Lipinski definition) is 4. The molecule has 168 valence electrons. The van der Waals surface area contributed by atoms with Gasteiger partial charge in [-0.15, -0.1) is 11.8 Å². The lowest BCUT2D eigenvalue weighted by molar-refractivity contribution is -0.123. The first kappa shape index (κ1) is 22.1. The zero-order valence-corrected chi connectivity index (χ0v) is 20.1. The summed E-state index contributed by atoms with van der Waals surface area (Å²) in [4.78, 5) is 29.4. The minimum Gasteiger partial charge on any atom is -0.494 e. The van der Waals surface area contributed by atoms with E-state index in [9.17, 15) is 9.59 Å². The van der Waals surface area contributed by atoms with Gasteiger partial charge < -0.3 is 9.64 Å². The van der Waals surface area contributed by atoms with Gasteiger partial charge in [0.05, 0.1) is 24.6 Å². The van der Waals surface area contributed by atoms with Crippen molar-refractivity contribution in [1.82, 2.24) is 0 Å². The predicted octanol–water partition coefficient (Wildman–Crippen LogP) is 5.87. The van der Waals surface area contributed by atoms with Crippen LogP contribution < -0.4 is 14.5 Å². The molecule has 0 N–H and O–H groups in total. The minimum absolute atomic E-state index is 0.120. The molecular formula is C25H20Cl2N2O3S. The summed E-state index contributed by atoms with van der Waals surface area (Å²) in [5.41, 5.74) is 2.84. The normalized spacial score (nSPS) is 19.5. The molecule has 2 amide bonds. The fourth-order valence-electron chi connectivity index (χ4n) is 4.41. The third kappa shape index (κ3) is 3.48. The van der Waals surface area contributed by atoms with Crippen LogP contribution in [0.1, 0.15) is 18.1 Å². The Kier molecular flexibility index (Phi) is 5.77. The molecule has 0 aromatic heterocycles. The largest absolute Gasteiger partial charge is 0.494 e. The molecule has 5 nitrogen and oxygen atoms in total. The van der Waals surface area contributed by atoms with E-state index in [-0.39, 0.29) is 24.1 Å². The van der Waals surface area contributed by atoms with E-state index in [4.69, 9.17) is 27.9 Å². The van der Waals surface area contributed by atoms with E-state index in [0.717, 1.165) is 11.3 Å². The Hall–Kier alpha value is -2.67. The van der Waals surface area contributed by atoms with E-state index >= 15 is 0 Å². The molecule has 2 aliphatic heterocycles. The van der Waals surface area contributed by atoms with Gasteiger partial charge in [0.15, 0.2) is 0 Å². The summed E-state index contributed by atoms with van der Waals surface area (Å²) in [5, 5.41) is 0.986. The molecule has 2 aliphatic rings. The molecule has 0 radical (unpaired) electrons. The maximum atomic E-state index is 14.1. The zero-order chi connectivity index (χ0) is 23.2. The Labute approximate surface area is 206 Å². The van der Waals surface area contributed by atoms with Crippen LogP contribution in [0.3, 0.4) is 0 Å². The van der Waals surface area contributed by atoms with Crippen LogP contribution in [0.15, 0.2) is 66.7 Å². The third-order valence-corrected chi connectivity index (χ3v) is 7.94. The first-order chi connectivity index (χ1) is 16.0. The SMILES string of the molecule is CCOc1ccc(N2C(=O)CSC23C(=O)N(Cc2c(Cl)cccc2Cl)c2ccccc23)cc1. The highest BCUT2D eigenvalue weighted by Gasteiger charge is 2.61. The molecule has 1 saturated heterocycles. The number of para-hydroxylation sites is 1. The highest BCUT2D eigenvalue weighted by Crippen LogP contribution is 2.56. The number of anilines is 2. The van der Waals surface area contributed by atoms with Crippen LogP contribution in [0.5, 0.6) is 5.75 Å². The smallest absolute Gasteiger partial charge is 0.269 e. The molecule has 1 spiro atoms. The maximum absolute atomic E-state index is 14.1. The van der Waals surface area contributed by atoms with Crippen molar-refractivity contribution in [1.29, 1.82) is 0 Å². The van der Waals surface area contributed by atoms with E-state index in [2.05, 4.69) is 0 Å². The molecule has 1 unspecified atom stereocenters. The van der Waals surface area contributed by atoms with Crippen molar-refractivity contribution in [3.63, 3.8) is 0 Å². The molecule has 1 atom stereocenters. The van der Waals surface area contributed by atoms with Gasteiger partial charge >= 0.3 is 0 Å². The number of carbonyl (C=O) groups is 2. The summed E-state index contributed by atoms with van der Waals surface area (Å²) in [6.45, 7) is 2.67. The molecular weight excluding hydrogens is 479 g/mol. The number of thioether (sulfide) groups is 1. The lowest BCUT2D eigenvalue weighted by Gasteiger charge is -2.33. The number of amides is 2.